The summed E-state index contributed by atoms with van der Waals surface area (Å²) in [5, 5.41) is 7.53. The van der Waals surface area contributed by atoms with Crippen molar-refractivity contribution in [3.8, 4) is 0 Å². The zero-order chi connectivity index (χ0) is 14.6. The summed E-state index contributed by atoms with van der Waals surface area (Å²) < 4.78 is 24.5. The minimum absolute atomic E-state index is 0.215. The van der Waals surface area contributed by atoms with Gasteiger partial charge >= 0.3 is 0 Å². The van der Waals surface area contributed by atoms with Gasteiger partial charge in [0.25, 0.3) is 3.79 Å². The molecule has 0 unspecified atom stereocenters. The van der Waals surface area contributed by atoms with E-state index < -0.39 is 28.2 Å². The summed E-state index contributed by atoms with van der Waals surface area (Å²) in [4.78, 5) is 0. The Morgan fingerprint density at radius 3 is 2.11 bits per heavy atom. The summed E-state index contributed by atoms with van der Waals surface area (Å²) in [6.45, 7) is 0.215. The van der Waals surface area contributed by atoms with Gasteiger partial charge in [0.15, 0.2) is 0 Å². The van der Waals surface area contributed by atoms with Crippen LogP contribution in [0.1, 0.15) is 0 Å². The summed E-state index contributed by atoms with van der Waals surface area (Å²) in [7, 11) is 4.52. The molecule has 0 bridgehead atoms. The van der Waals surface area contributed by atoms with Crippen molar-refractivity contribution in [2.24, 2.45) is 0 Å². The first-order valence-corrected chi connectivity index (χ1v) is 6.51. The fourth-order valence-corrected chi connectivity index (χ4v) is 1.90. The fraction of sp³-hybridized carbons (Fsp3) is 0.900. The highest BCUT2D eigenvalue weighted by molar-refractivity contribution is 6.76. The molecule has 1 saturated heterocycles. The van der Waals surface area contributed by atoms with Gasteiger partial charge in [0.05, 0.1) is 6.61 Å². The van der Waals surface area contributed by atoms with Gasteiger partial charge in [-0.25, -0.2) is 0 Å². The largest absolute Gasteiger partial charge is 0.445 e. The van der Waals surface area contributed by atoms with Crippen molar-refractivity contribution in [3.05, 3.63) is 0 Å². The average Bonchev–Trinajstić information content (AvgIpc) is 2.36. The average molecular weight is 337 g/mol. The monoisotopic (exact) mass is 335 g/mol. The van der Waals surface area contributed by atoms with Gasteiger partial charge in [0.2, 0.25) is 12.2 Å². The molecule has 0 aromatic rings. The van der Waals surface area contributed by atoms with Crippen molar-refractivity contribution in [1.29, 1.82) is 5.41 Å². The molecule has 19 heavy (non-hydrogen) atoms. The first-order chi connectivity index (χ1) is 8.85. The third kappa shape index (κ3) is 4.32. The van der Waals surface area contributed by atoms with Gasteiger partial charge < -0.3 is 23.7 Å². The Morgan fingerprint density at radius 2 is 1.68 bits per heavy atom. The molecule has 0 aromatic heterocycles. The van der Waals surface area contributed by atoms with Crippen LogP contribution in [-0.2, 0) is 23.7 Å². The lowest BCUT2D eigenvalue weighted by atomic mass is 10.0. The van der Waals surface area contributed by atoms with Crippen LogP contribution in [0.2, 0.25) is 0 Å². The molecule has 0 radical (unpaired) electrons. The molecule has 1 aliphatic rings. The molecule has 9 heteroatoms. The lowest BCUT2D eigenvalue weighted by Gasteiger charge is -2.40. The molecule has 0 aromatic carbocycles. The Morgan fingerprint density at radius 1 is 1.11 bits per heavy atom. The van der Waals surface area contributed by atoms with E-state index in [0.29, 0.717) is 0 Å². The second-order valence-electron chi connectivity index (χ2n) is 3.82. The normalized spacial score (nSPS) is 32.1. The summed E-state index contributed by atoms with van der Waals surface area (Å²) >= 11 is 16.6. The van der Waals surface area contributed by atoms with Crippen molar-refractivity contribution < 1.29 is 23.7 Å². The van der Waals surface area contributed by atoms with Crippen molar-refractivity contribution in [2.45, 2.75) is 28.4 Å². The van der Waals surface area contributed by atoms with Crippen molar-refractivity contribution in [1.82, 2.24) is 0 Å². The first kappa shape index (κ1) is 17.2. The Labute approximate surface area is 126 Å². The van der Waals surface area contributed by atoms with Crippen LogP contribution in [0.15, 0.2) is 0 Å². The van der Waals surface area contributed by atoms with E-state index in [4.69, 9.17) is 63.9 Å². The van der Waals surface area contributed by atoms with E-state index in [-0.39, 0.29) is 12.7 Å². The lowest BCUT2D eigenvalue weighted by Crippen LogP contribution is -2.56. The van der Waals surface area contributed by atoms with Gasteiger partial charge in [-0.3, -0.25) is 5.41 Å². The van der Waals surface area contributed by atoms with Crippen LogP contribution in [0.5, 0.6) is 0 Å². The van der Waals surface area contributed by atoms with Gasteiger partial charge in [-0.2, -0.15) is 0 Å². The molecular weight excluding hydrogens is 320 g/mol. The lowest BCUT2D eigenvalue weighted by molar-refractivity contribution is -0.263. The number of hydrogen-bond acceptors (Lipinski definition) is 6. The molecule has 1 N–H and O–H groups in total. The van der Waals surface area contributed by atoms with E-state index in [1.54, 1.807) is 0 Å². The smallest absolute Gasteiger partial charge is 0.265 e. The minimum atomic E-state index is -1.96. The maximum Gasteiger partial charge on any atom is 0.265 e. The molecule has 112 valence electrons. The zero-order valence-corrected chi connectivity index (χ0v) is 13.0. The molecule has 0 spiro atoms. The number of halogens is 3. The highest BCUT2D eigenvalue weighted by atomic mass is 35.6. The molecule has 4 atom stereocenters. The topological polar surface area (TPSA) is 70.0 Å². The summed E-state index contributed by atoms with van der Waals surface area (Å²) in [6.07, 6.45) is -2.26. The predicted molar refractivity (Wildman–Crippen MR) is 71.2 cm³/mol. The maximum absolute atomic E-state index is 7.53. The van der Waals surface area contributed by atoms with Crippen LogP contribution in [0.25, 0.3) is 0 Å². The van der Waals surface area contributed by atoms with E-state index in [0.717, 1.165) is 0 Å². The molecule has 1 rings (SSSR count). The number of nitrogens with one attached hydrogen (secondary N) is 1. The second-order valence-corrected chi connectivity index (χ2v) is 6.10. The van der Waals surface area contributed by atoms with Gasteiger partial charge in [-0.05, 0) is 0 Å². The van der Waals surface area contributed by atoms with Crippen molar-refractivity contribution in [2.75, 3.05) is 27.9 Å². The molecule has 6 nitrogen and oxygen atoms in total. The molecule has 1 aliphatic heterocycles. The third-order valence-corrected chi connectivity index (χ3v) is 3.24. The molecule has 0 saturated carbocycles. The predicted octanol–water partition coefficient (Wildman–Crippen LogP) is 1.75. The number of ether oxygens (including phenoxy) is 5. The standard InChI is InChI=1S/C10H16Cl3NO5/c1-15-5-4-18-8(7(17-3)6(5)16-2)19-9(14)10(11,12)13/h5-8,14H,4H2,1-3H3/t5-,6+,7-,8+/m1/s1. The van der Waals surface area contributed by atoms with Crippen LogP contribution in [0.3, 0.4) is 0 Å². The molecule has 1 heterocycles. The Bertz CT molecular complexity index is 312. The Balaban J connectivity index is 2.76. The summed E-state index contributed by atoms with van der Waals surface area (Å²) in [5.41, 5.74) is 0. The molecule has 0 amide bonds. The second kappa shape index (κ2) is 7.26. The van der Waals surface area contributed by atoms with E-state index in [1.165, 1.54) is 21.3 Å². The SMILES string of the molecule is CO[C@@H]1[C@@H](OC)[C@H](OC(=N)C(Cl)(Cl)Cl)OC[C@H]1OC. The number of alkyl halides is 3. The van der Waals surface area contributed by atoms with Gasteiger partial charge in [0.1, 0.15) is 18.3 Å². The summed E-state index contributed by atoms with van der Waals surface area (Å²) in [6, 6.07) is 0. The quantitative estimate of drug-likeness (QED) is 0.481. The van der Waals surface area contributed by atoms with Gasteiger partial charge in [0, 0.05) is 21.3 Å². The molecule has 0 aliphatic carbocycles. The Hall–Kier alpha value is 0.180. The number of methoxy groups -OCH3 is 3. The van der Waals surface area contributed by atoms with Crippen LogP contribution in [0.4, 0.5) is 0 Å². The van der Waals surface area contributed by atoms with Gasteiger partial charge in [-0.1, -0.05) is 34.8 Å². The van der Waals surface area contributed by atoms with E-state index in [9.17, 15) is 0 Å². The van der Waals surface area contributed by atoms with E-state index in [2.05, 4.69) is 0 Å². The minimum Gasteiger partial charge on any atom is -0.445 e. The van der Waals surface area contributed by atoms with Crippen LogP contribution in [-0.4, -0.2) is 62.2 Å². The maximum atomic E-state index is 7.53. The van der Waals surface area contributed by atoms with Crippen LogP contribution in [0, 0.1) is 5.41 Å². The zero-order valence-electron chi connectivity index (χ0n) is 10.7. The van der Waals surface area contributed by atoms with Crippen molar-refractivity contribution in [3.63, 3.8) is 0 Å². The Kier molecular flexibility index (Phi) is 6.59. The van der Waals surface area contributed by atoms with E-state index in [1.807, 2.05) is 0 Å². The first-order valence-electron chi connectivity index (χ1n) is 5.37. The van der Waals surface area contributed by atoms with Gasteiger partial charge in [-0.15, -0.1) is 0 Å². The summed E-state index contributed by atoms with van der Waals surface area (Å²) in [5.74, 6) is -0.546. The van der Waals surface area contributed by atoms with Crippen LogP contribution >= 0.6 is 34.8 Å². The fourth-order valence-electron chi connectivity index (χ4n) is 1.76. The third-order valence-electron chi connectivity index (χ3n) is 2.72. The highest BCUT2D eigenvalue weighted by Crippen LogP contribution is 2.30. The van der Waals surface area contributed by atoms with Crippen molar-refractivity contribution >= 4 is 40.7 Å². The number of rotatable bonds is 4. The van der Waals surface area contributed by atoms with Crippen LogP contribution < -0.4 is 0 Å². The molecule has 1 fully saturated rings. The number of hydrogen-bond donors (Lipinski definition) is 1. The molecular formula is C10H16Cl3NO5. The van der Waals surface area contributed by atoms with E-state index >= 15 is 0 Å². The highest BCUT2D eigenvalue weighted by Gasteiger charge is 2.44.